The van der Waals surface area contributed by atoms with Gasteiger partial charge < -0.3 is 23.8 Å². The smallest absolute Gasteiger partial charge is 0.161 e. The maximum atomic E-state index is 10.5. The van der Waals surface area contributed by atoms with Crippen LogP contribution in [0, 0.1) is 17.2 Å². The van der Waals surface area contributed by atoms with Gasteiger partial charge in [-0.3, -0.25) is 0 Å². The highest BCUT2D eigenvalue weighted by Gasteiger charge is 2.36. The molecule has 0 heterocycles. The lowest BCUT2D eigenvalue weighted by Gasteiger charge is -2.32. The van der Waals surface area contributed by atoms with E-state index in [0.29, 0.717) is 5.75 Å². The summed E-state index contributed by atoms with van der Waals surface area (Å²) in [7, 11) is 6.62. The minimum absolute atomic E-state index is 0.0581. The number of nitriles is 1. The molecule has 2 aromatic carbocycles. The largest absolute Gasteiger partial charge is 0.493 e. The van der Waals surface area contributed by atoms with E-state index in [0.717, 1.165) is 4.90 Å². The van der Waals surface area contributed by atoms with Gasteiger partial charge in [0.25, 0.3) is 0 Å². The van der Waals surface area contributed by atoms with E-state index in [2.05, 4.69) is 0 Å². The summed E-state index contributed by atoms with van der Waals surface area (Å²) in [5.74, 6) is -0.430. The molecule has 0 aliphatic rings. The van der Waals surface area contributed by atoms with Gasteiger partial charge in [-0.05, 0) is 74.0 Å². The average molecular weight is 464 g/mol. The molecule has 6 nitrogen and oxygen atoms in total. The third-order valence-electron chi connectivity index (χ3n) is 5.29. The van der Waals surface area contributed by atoms with Crippen molar-refractivity contribution in [3.63, 3.8) is 0 Å². The fraction of sp³-hybridized carbons (Fsp3) is 0.519. The Balaban J connectivity index is 2.60. The van der Waals surface area contributed by atoms with Crippen molar-refractivity contribution in [2.45, 2.75) is 38.4 Å². The van der Waals surface area contributed by atoms with Gasteiger partial charge in [0.15, 0.2) is 23.0 Å². The van der Waals surface area contributed by atoms with Crippen molar-refractivity contribution >= 4 is 0 Å². The lowest BCUT2D eigenvalue weighted by Crippen LogP contribution is -2.32. The van der Waals surface area contributed by atoms with Gasteiger partial charge in [-0.1, -0.05) is 26.0 Å². The molecule has 0 amide bonds. The average Bonchev–Trinajstić information content (AvgIpc) is 2.94. The Kier molecular flexibility index (Phi) is 5.93. The summed E-state index contributed by atoms with van der Waals surface area (Å²) in [5, 5.41) is 10.5. The van der Waals surface area contributed by atoms with Crippen LogP contribution in [0.15, 0.2) is 36.3 Å². The first-order chi connectivity index (χ1) is 19.4. The molecule has 180 valence electrons. The maximum Gasteiger partial charge on any atom is 0.161 e. The summed E-state index contributed by atoms with van der Waals surface area (Å²) in [6, 6.07) is 5.45. The molecule has 0 N–H and O–H groups in total. The van der Waals surface area contributed by atoms with Crippen molar-refractivity contribution in [1.29, 1.82) is 5.26 Å². The zero-order valence-corrected chi connectivity index (χ0v) is 20.3. The highest BCUT2D eigenvalue weighted by molar-refractivity contribution is 5.47. The first-order valence-corrected chi connectivity index (χ1v) is 10.4. The Labute approximate surface area is 211 Å². The molecule has 0 aliphatic heterocycles. The molecule has 0 saturated carbocycles. The normalized spacial score (nSPS) is 18.1. The van der Waals surface area contributed by atoms with E-state index >= 15 is 0 Å². The Morgan fingerprint density at radius 3 is 2.27 bits per heavy atom. The maximum absolute atomic E-state index is 10.5. The van der Waals surface area contributed by atoms with E-state index in [9.17, 15) is 5.26 Å². The number of benzene rings is 2. The second kappa shape index (κ2) is 12.4. The number of rotatable bonds is 13. The van der Waals surface area contributed by atoms with Crippen LogP contribution in [-0.4, -0.2) is 53.4 Å². The fourth-order valence-corrected chi connectivity index (χ4v) is 3.24. The predicted molar refractivity (Wildman–Crippen MR) is 132 cm³/mol. The number of hydrogen-bond acceptors (Lipinski definition) is 6. The summed E-state index contributed by atoms with van der Waals surface area (Å²) >= 11 is 0. The molecule has 0 saturated heterocycles. The number of ether oxygens (including phenoxy) is 4. The molecule has 0 aromatic heterocycles. The van der Waals surface area contributed by atoms with E-state index in [1.165, 1.54) is 53.7 Å². The van der Waals surface area contributed by atoms with Crippen LogP contribution in [0.2, 0.25) is 0 Å². The summed E-state index contributed by atoms with van der Waals surface area (Å²) in [6.07, 6.45) is -6.55. The summed E-state index contributed by atoms with van der Waals surface area (Å²) in [6.45, 7) is -0.121. The molecule has 1 atom stereocenters. The first kappa shape index (κ1) is 15.8. The lowest BCUT2D eigenvalue weighted by atomic mass is 9.69. The molecule has 1 unspecified atom stereocenters. The number of likely N-dealkylation sites (N-methyl/N-ethyl adjacent to an activating group) is 1. The van der Waals surface area contributed by atoms with E-state index in [1.807, 2.05) is 6.07 Å². The van der Waals surface area contributed by atoms with E-state index in [1.54, 1.807) is 13.8 Å². The second-order valence-corrected chi connectivity index (χ2v) is 7.60. The molecule has 0 spiro atoms. The van der Waals surface area contributed by atoms with Crippen LogP contribution in [-0.2, 0) is 11.8 Å². The van der Waals surface area contributed by atoms with Gasteiger partial charge in [0.2, 0.25) is 0 Å². The monoisotopic (exact) mass is 463 g/mol. The van der Waals surface area contributed by atoms with Gasteiger partial charge in [-0.2, -0.15) is 5.26 Å². The predicted octanol–water partition coefficient (Wildman–Crippen LogP) is 5.09. The van der Waals surface area contributed by atoms with Gasteiger partial charge >= 0.3 is 0 Å². The topological polar surface area (TPSA) is 64.0 Å². The van der Waals surface area contributed by atoms with Gasteiger partial charge in [0.1, 0.15) is 0 Å². The first-order valence-electron chi connectivity index (χ1n) is 14.9. The van der Waals surface area contributed by atoms with Crippen LogP contribution in [0.5, 0.6) is 23.0 Å². The molecule has 0 aliphatic carbocycles. The highest BCUT2D eigenvalue weighted by atomic mass is 16.5. The Hall–Kier alpha value is -2.91. The summed E-state index contributed by atoms with van der Waals surface area (Å²) in [4.78, 5) is 0.946. The highest BCUT2D eigenvalue weighted by Crippen LogP contribution is 2.40. The number of nitrogens with zero attached hydrogens (tertiary/aromatic N) is 2. The second-order valence-electron chi connectivity index (χ2n) is 7.60. The van der Waals surface area contributed by atoms with Gasteiger partial charge in [0.05, 0.1) is 44.0 Å². The van der Waals surface area contributed by atoms with Gasteiger partial charge in [-0.15, -0.1) is 0 Å². The molecule has 2 aromatic rings. The molecular formula is C27H38N2O4. The minimum atomic E-state index is -3.28. The zero-order chi connectivity index (χ0) is 32.4. The SMILES string of the molecule is [2H]c1c([2H])c(OC)c(OC)c([2H])c1CCN(C)C([2H])([2H])C([2H])([2H])C([2H])([2H])C(C#N)(c1ccc(OC)c(OC)c1)C(C)C. The van der Waals surface area contributed by atoms with Crippen LogP contribution in [0.1, 0.15) is 50.1 Å². The molecule has 2 rings (SSSR count). The molecule has 6 heteroatoms. The molecule has 0 bridgehead atoms. The third-order valence-corrected chi connectivity index (χ3v) is 5.29. The van der Waals surface area contributed by atoms with Crippen molar-refractivity contribution < 1.29 is 31.3 Å². The third kappa shape index (κ3) is 6.33. The van der Waals surface area contributed by atoms with Crippen molar-refractivity contribution in [1.82, 2.24) is 4.90 Å². The summed E-state index contributed by atoms with van der Waals surface area (Å²) in [5.41, 5.74) is -2.02. The van der Waals surface area contributed by atoms with E-state index in [-0.39, 0.29) is 59.5 Å². The Bertz CT molecular complexity index is 1330. The van der Waals surface area contributed by atoms with Crippen molar-refractivity contribution in [2.24, 2.45) is 5.92 Å². The van der Waals surface area contributed by atoms with Crippen LogP contribution in [0.4, 0.5) is 0 Å². The Morgan fingerprint density at radius 2 is 1.70 bits per heavy atom. The van der Waals surface area contributed by atoms with Crippen LogP contribution >= 0.6 is 0 Å². The number of hydrogen-bond donors (Lipinski definition) is 0. The fourth-order valence-electron chi connectivity index (χ4n) is 3.24. The quantitative estimate of drug-likeness (QED) is 0.412. The van der Waals surface area contributed by atoms with Gasteiger partial charge in [-0.25, -0.2) is 0 Å². The number of methoxy groups -OCH3 is 4. The zero-order valence-electron chi connectivity index (χ0n) is 29.3. The lowest BCUT2D eigenvalue weighted by molar-refractivity contribution is 0.292. The van der Waals surface area contributed by atoms with E-state index < -0.39 is 30.6 Å². The van der Waals surface area contributed by atoms with Gasteiger partial charge in [0, 0.05) is 14.8 Å². The minimum Gasteiger partial charge on any atom is -0.493 e. The van der Waals surface area contributed by atoms with Crippen LogP contribution < -0.4 is 18.9 Å². The van der Waals surface area contributed by atoms with Crippen molar-refractivity contribution in [3.8, 4) is 29.1 Å². The van der Waals surface area contributed by atoms with E-state index in [4.69, 9.17) is 31.3 Å². The molecule has 0 radical (unpaired) electrons. The summed E-state index contributed by atoms with van der Waals surface area (Å²) < 4.78 is 99.5. The molecular weight excluding hydrogens is 416 g/mol. The standard InChI is InChI=1S/C27H38N2O4/c1-20(2)27(19-28,22-10-12-24(31-5)26(18-22)33-7)14-8-15-29(3)16-13-21-9-11-23(30-4)25(17-21)32-6/h9-12,17-18,20H,8,13-16H2,1-7H3/i8D2,9D,11D,14D2,15D2,17D. The van der Waals surface area contributed by atoms with Crippen LogP contribution in [0.3, 0.4) is 0 Å². The molecule has 0 fully saturated rings. The van der Waals surface area contributed by atoms with Crippen LogP contribution in [0.25, 0.3) is 0 Å². The molecule has 33 heavy (non-hydrogen) atoms. The van der Waals surface area contributed by atoms with Crippen molar-refractivity contribution in [3.05, 3.63) is 47.5 Å². The van der Waals surface area contributed by atoms with Crippen molar-refractivity contribution in [2.75, 3.05) is 48.5 Å². The Morgan fingerprint density at radius 1 is 1.03 bits per heavy atom.